The number of carbonyl (C=O) groups is 2. The first-order valence-corrected chi connectivity index (χ1v) is 13.0. The monoisotopic (exact) mass is 488 g/mol. The molecule has 1 aliphatic rings. The van der Waals surface area contributed by atoms with E-state index in [0.717, 1.165) is 25.7 Å². The summed E-state index contributed by atoms with van der Waals surface area (Å²) in [7, 11) is -2.53. The third-order valence-electron chi connectivity index (χ3n) is 5.89. The van der Waals surface area contributed by atoms with Crippen molar-refractivity contribution in [2.45, 2.75) is 44.4 Å². The van der Waals surface area contributed by atoms with Crippen LogP contribution >= 0.6 is 0 Å². The van der Waals surface area contributed by atoms with E-state index in [1.807, 2.05) is 6.92 Å². The van der Waals surface area contributed by atoms with Gasteiger partial charge in [0.2, 0.25) is 0 Å². The molecule has 1 N–H and O–H groups in total. The van der Waals surface area contributed by atoms with Gasteiger partial charge in [0.05, 0.1) is 29.7 Å². The minimum absolute atomic E-state index is 0.0509. The zero-order valence-corrected chi connectivity index (χ0v) is 20.7. The summed E-state index contributed by atoms with van der Waals surface area (Å²) in [6.45, 7) is 5.77. The molecular formula is C25H32N2O6S. The lowest BCUT2D eigenvalue weighted by atomic mass is 9.98. The molecule has 1 fully saturated rings. The van der Waals surface area contributed by atoms with Crippen LogP contribution in [0.25, 0.3) is 0 Å². The Morgan fingerprint density at radius 1 is 1.09 bits per heavy atom. The second-order valence-electron chi connectivity index (χ2n) is 8.51. The molecule has 0 unspecified atom stereocenters. The summed E-state index contributed by atoms with van der Waals surface area (Å²) in [5, 5.41) is 0. The molecule has 0 spiro atoms. The highest BCUT2D eigenvalue weighted by atomic mass is 32.2. The summed E-state index contributed by atoms with van der Waals surface area (Å²) in [4.78, 5) is 26.8. The number of hydrogen-bond donors (Lipinski definition) is 1. The van der Waals surface area contributed by atoms with E-state index in [1.165, 1.54) is 49.6 Å². The smallest absolute Gasteiger partial charge is 0.338 e. The minimum atomic E-state index is -3.98. The van der Waals surface area contributed by atoms with Gasteiger partial charge in [-0.3, -0.25) is 9.52 Å². The maximum absolute atomic E-state index is 13.1. The predicted molar refractivity (Wildman–Crippen MR) is 130 cm³/mol. The fraction of sp³-hybridized carbons (Fsp3) is 0.440. The largest absolute Gasteiger partial charge is 0.496 e. The molecule has 184 valence electrons. The number of sulfonamides is 1. The Morgan fingerprint density at radius 2 is 1.76 bits per heavy atom. The van der Waals surface area contributed by atoms with Gasteiger partial charge in [-0.1, -0.05) is 20.3 Å². The van der Waals surface area contributed by atoms with Crippen molar-refractivity contribution in [1.82, 2.24) is 4.90 Å². The van der Waals surface area contributed by atoms with Gasteiger partial charge in [0.1, 0.15) is 5.75 Å². The SMILES string of the molecule is CCCCOC(=O)c1ccc(NS(=O)(=O)c2ccc(OC)c(C(=O)N3CCC(C)CC3)c2)cc1. The highest BCUT2D eigenvalue weighted by molar-refractivity contribution is 7.92. The molecule has 2 aromatic carbocycles. The Bertz CT molecular complexity index is 1110. The average molecular weight is 489 g/mol. The number of likely N-dealkylation sites (tertiary alicyclic amines) is 1. The van der Waals surface area contributed by atoms with Crippen molar-refractivity contribution >= 4 is 27.6 Å². The molecule has 1 heterocycles. The lowest BCUT2D eigenvalue weighted by molar-refractivity contribution is 0.0499. The van der Waals surface area contributed by atoms with Gasteiger partial charge in [-0.25, -0.2) is 13.2 Å². The van der Waals surface area contributed by atoms with Crippen LogP contribution in [0.4, 0.5) is 5.69 Å². The van der Waals surface area contributed by atoms with Gasteiger partial charge in [0.25, 0.3) is 15.9 Å². The van der Waals surface area contributed by atoms with E-state index in [0.29, 0.717) is 42.6 Å². The molecule has 0 saturated carbocycles. The number of nitrogens with one attached hydrogen (secondary N) is 1. The maximum atomic E-state index is 13.1. The van der Waals surface area contributed by atoms with Crippen molar-refractivity contribution in [1.29, 1.82) is 0 Å². The van der Waals surface area contributed by atoms with Gasteiger partial charge < -0.3 is 14.4 Å². The van der Waals surface area contributed by atoms with Crippen LogP contribution in [0.3, 0.4) is 0 Å². The van der Waals surface area contributed by atoms with Crippen LogP contribution in [0, 0.1) is 5.92 Å². The van der Waals surface area contributed by atoms with Crippen molar-refractivity contribution < 1.29 is 27.5 Å². The van der Waals surface area contributed by atoms with Crippen LogP contribution in [-0.4, -0.2) is 52.0 Å². The molecule has 3 rings (SSSR count). The predicted octanol–water partition coefficient (Wildman–Crippen LogP) is 4.33. The topological polar surface area (TPSA) is 102 Å². The lowest BCUT2D eigenvalue weighted by Gasteiger charge is -2.30. The average Bonchev–Trinajstić information content (AvgIpc) is 2.84. The number of benzene rings is 2. The van der Waals surface area contributed by atoms with Crippen molar-refractivity contribution in [3.05, 3.63) is 53.6 Å². The van der Waals surface area contributed by atoms with Crippen LogP contribution in [0.1, 0.15) is 60.2 Å². The molecule has 34 heavy (non-hydrogen) atoms. The molecule has 9 heteroatoms. The third kappa shape index (κ3) is 6.28. The van der Waals surface area contributed by atoms with Gasteiger partial charge in [0.15, 0.2) is 0 Å². The van der Waals surface area contributed by atoms with E-state index >= 15 is 0 Å². The summed E-state index contributed by atoms with van der Waals surface area (Å²) in [6, 6.07) is 10.2. The Balaban J connectivity index is 1.76. The standard InChI is InChI=1S/C25H32N2O6S/c1-4-5-16-33-25(29)19-6-8-20(9-7-19)26-34(30,31)21-10-11-23(32-3)22(17-21)24(28)27-14-12-18(2)13-15-27/h6-11,17-18,26H,4-5,12-16H2,1-3H3. The number of methoxy groups -OCH3 is 1. The van der Waals surface area contributed by atoms with Crippen molar-refractivity contribution in [2.24, 2.45) is 5.92 Å². The van der Waals surface area contributed by atoms with E-state index in [1.54, 1.807) is 4.90 Å². The van der Waals surface area contributed by atoms with Crippen LogP contribution in [-0.2, 0) is 14.8 Å². The number of ether oxygens (including phenoxy) is 2. The zero-order chi connectivity index (χ0) is 24.7. The Morgan fingerprint density at radius 3 is 2.38 bits per heavy atom. The minimum Gasteiger partial charge on any atom is -0.496 e. The van der Waals surface area contributed by atoms with Gasteiger partial charge in [-0.2, -0.15) is 0 Å². The molecule has 0 aromatic heterocycles. The summed E-state index contributed by atoms with van der Waals surface area (Å²) < 4.78 is 39.0. The number of rotatable bonds is 9. The lowest BCUT2D eigenvalue weighted by Crippen LogP contribution is -2.38. The van der Waals surface area contributed by atoms with Crippen molar-refractivity contribution in [3.63, 3.8) is 0 Å². The second kappa shape index (κ2) is 11.4. The second-order valence-corrected chi connectivity index (χ2v) is 10.2. The first kappa shape index (κ1) is 25.6. The number of esters is 1. The number of hydrogen-bond acceptors (Lipinski definition) is 6. The molecule has 1 aliphatic heterocycles. The van der Waals surface area contributed by atoms with Gasteiger partial charge in [-0.15, -0.1) is 0 Å². The fourth-order valence-corrected chi connectivity index (χ4v) is 4.77. The Labute approximate surface area is 201 Å². The molecule has 0 atom stereocenters. The maximum Gasteiger partial charge on any atom is 0.338 e. The number of nitrogens with zero attached hydrogens (tertiary/aromatic N) is 1. The number of carbonyl (C=O) groups excluding carboxylic acids is 2. The third-order valence-corrected chi connectivity index (χ3v) is 7.27. The molecule has 8 nitrogen and oxygen atoms in total. The number of unbranched alkanes of at least 4 members (excludes halogenated alkanes) is 1. The van der Waals surface area contributed by atoms with E-state index in [4.69, 9.17) is 9.47 Å². The summed E-state index contributed by atoms with van der Waals surface area (Å²) in [5.74, 6) is 0.194. The number of piperidine rings is 1. The Kier molecular flexibility index (Phi) is 8.55. The molecule has 0 aliphatic carbocycles. The first-order chi connectivity index (χ1) is 16.2. The fourth-order valence-electron chi connectivity index (χ4n) is 3.68. The summed E-state index contributed by atoms with van der Waals surface area (Å²) in [6.07, 6.45) is 3.53. The summed E-state index contributed by atoms with van der Waals surface area (Å²) in [5.41, 5.74) is 0.844. The van der Waals surface area contributed by atoms with Crippen molar-refractivity contribution in [2.75, 3.05) is 31.5 Å². The van der Waals surface area contributed by atoms with E-state index in [-0.39, 0.29) is 16.4 Å². The molecule has 0 radical (unpaired) electrons. The van der Waals surface area contributed by atoms with Gasteiger partial charge in [-0.05, 0) is 67.6 Å². The van der Waals surface area contributed by atoms with Gasteiger partial charge >= 0.3 is 5.97 Å². The first-order valence-electron chi connectivity index (χ1n) is 11.5. The van der Waals surface area contributed by atoms with Gasteiger partial charge in [0, 0.05) is 18.8 Å². The van der Waals surface area contributed by atoms with Crippen LogP contribution < -0.4 is 9.46 Å². The van der Waals surface area contributed by atoms with Crippen LogP contribution in [0.5, 0.6) is 5.75 Å². The van der Waals surface area contributed by atoms with Crippen LogP contribution in [0.2, 0.25) is 0 Å². The van der Waals surface area contributed by atoms with E-state index < -0.39 is 16.0 Å². The van der Waals surface area contributed by atoms with E-state index in [9.17, 15) is 18.0 Å². The van der Waals surface area contributed by atoms with Crippen LogP contribution in [0.15, 0.2) is 47.4 Å². The van der Waals surface area contributed by atoms with E-state index in [2.05, 4.69) is 11.6 Å². The van der Waals surface area contributed by atoms with Crippen molar-refractivity contribution in [3.8, 4) is 5.75 Å². The zero-order valence-electron chi connectivity index (χ0n) is 19.9. The molecule has 1 saturated heterocycles. The normalized spacial score (nSPS) is 14.5. The number of amides is 1. The highest BCUT2D eigenvalue weighted by Gasteiger charge is 2.26. The highest BCUT2D eigenvalue weighted by Crippen LogP contribution is 2.27. The molecule has 0 bridgehead atoms. The molecule has 2 aromatic rings. The summed E-state index contributed by atoms with van der Waals surface area (Å²) >= 11 is 0. The quantitative estimate of drug-likeness (QED) is 0.417. The number of anilines is 1. The molecule has 1 amide bonds. The molecular weight excluding hydrogens is 456 g/mol. The Hall–Kier alpha value is -3.07.